The molecular weight excluding hydrogens is 397 g/mol. The Morgan fingerprint density at radius 3 is 2.40 bits per heavy atom. The first kappa shape index (κ1) is 20.0. The van der Waals surface area contributed by atoms with Gasteiger partial charge in [-0.15, -0.1) is 11.8 Å². The van der Waals surface area contributed by atoms with E-state index in [2.05, 4.69) is 10.1 Å². The van der Waals surface area contributed by atoms with Gasteiger partial charge in [-0.25, -0.2) is 14.1 Å². The van der Waals surface area contributed by atoms with Crippen LogP contribution in [0.25, 0.3) is 17.1 Å². The van der Waals surface area contributed by atoms with Gasteiger partial charge < -0.3 is 0 Å². The number of carbonyl (C=O) groups excluding carboxylic acids is 1. The zero-order chi connectivity index (χ0) is 20.9. The number of aryl methyl sites for hydroxylation is 1. The summed E-state index contributed by atoms with van der Waals surface area (Å²) in [5.41, 5.74) is 2.10. The number of halogens is 1. The first-order valence-corrected chi connectivity index (χ1v) is 10.6. The van der Waals surface area contributed by atoms with Crippen molar-refractivity contribution in [1.29, 1.82) is 0 Å². The molecule has 30 heavy (non-hydrogen) atoms. The number of benzene rings is 3. The van der Waals surface area contributed by atoms with E-state index < -0.39 is 0 Å². The summed E-state index contributed by atoms with van der Waals surface area (Å²) in [5.74, 6) is 1.27. The fraction of sp³-hybridized carbons (Fsp3) is 0.125. The molecule has 4 rings (SSSR count). The number of thioether (sulfide) groups is 1. The van der Waals surface area contributed by atoms with E-state index in [-0.39, 0.29) is 11.6 Å². The van der Waals surface area contributed by atoms with Crippen molar-refractivity contribution in [2.24, 2.45) is 0 Å². The predicted octanol–water partition coefficient (Wildman–Crippen LogP) is 5.29. The summed E-state index contributed by atoms with van der Waals surface area (Å²) in [6.07, 6.45) is 0.372. The van der Waals surface area contributed by atoms with Crippen LogP contribution >= 0.6 is 11.8 Å². The lowest BCUT2D eigenvalue weighted by Crippen LogP contribution is -2.06. The van der Waals surface area contributed by atoms with E-state index in [1.165, 1.54) is 6.07 Å². The molecule has 0 amide bonds. The number of hydrogen-bond acceptors (Lipinski definition) is 4. The van der Waals surface area contributed by atoms with Gasteiger partial charge >= 0.3 is 0 Å². The van der Waals surface area contributed by atoms with E-state index in [1.807, 2.05) is 54.6 Å². The van der Waals surface area contributed by atoms with Crippen LogP contribution in [0.4, 0.5) is 4.39 Å². The van der Waals surface area contributed by atoms with Gasteiger partial charge in [0.25, 0.3) is 0 Å². The van der Waals surface area contributed by atoms with Gasteiger partial charge in [-0.2, -0.15) is 5.10 Å². The van der Waals surface area contributed by atoms with Crippen molar-refractivity contribution in [3.63, 3.8) is 0 Å². The van der Waals surface area contributed by atoms with E-state index in [0.717, 1.165) is 16.1 Å². The van der Waals surface area contributed by atoms with Crippen molar-refractivity contribution in [1.82, 2.24) is 14.8 Å². The molecular formula is C24H20FN3OS. The second kappa shape index (κ2) is 9.05. The van der Waals surface area contributed by atoms with Gasteiger partial charge in [0.2, 0.25) is 0 Å². The largest absolute Gasteiger partial charge is 0.298 e. The molecule has 0 saturated carbocycles. The highest BCUT2D eigenvalue weighted by atomic mass is 32.2. The monoisotopic (exact) mass is 417 g/mol. The number of ketones is 1. The van der Waals surface area contributed by atoms with Crippen molar-refractivity contribution >= 4 is 17.5 Å². The number of rotatable bonds is 7. The zero-order valence-corrected chi connectivity index (χ0v) is 17.3. The van der Waals surface area contributed by atoms with Gasteiger partial charge in [-0.05, 0) is 48.9 Å². The predicted molar refractivity (Wildman–Crippen MR) is 117 cm³/mol. The van der Waals surface area contributed by atoms with Gasteiger partial charge in [0.05, 0.1) is 17.0 Å². The number of Topliss-reactive ketones (excluding diaryl/α,β-unsaturated/α-hetero) is 1. The van der Waals surface area contributed by atoms with E-state index in [9.17, 15) is 9.18 Å². The van der Waals surface area contributed by atoms with Gasteiger partial charge in [0, 0.05) is 11.3 Å². The smallest absolute Gasteiger partial charge is 0.166 e. The number of aromatic nitrogens is 3. The Kier molecular flexibility index (Phi) is 6.05. The van der Waals surface area contributed by atoms with Crippen molar-refractivity contribution in [2.75, 3.05) is 5.75 Å². The molecule has 0 fully saturated rings. The maximum absolute atomic E-state index is 14.3. The summed E-state index contributed by atoms with van der Waals surface area (Å²) >= 11 is 1.54. The number of nitrogens with zero attached hydrogens (tertiary/aromatic N) is 3. The maximum atomic E-state index is 14.3. The van der Waals surface area contributed by atoms with Gasteiger partial charge in [-0.3, -0.25) is 4.79 Å². The minimum Gasteiger partial charge on any atom is -0.298 e. The van der Waals surface area contributed by atoms with Crippen LogP contribution in [-0.2, 0) is 11.2 Å². The lowest BCUT2D eigenvalue weighted by Gasteiger charge is -2.08. The van der Waals surface area contributed by atoms with Crippen molar-refractivity contribution in [3.8, 4) is 17.1 Å². The third-order valence-corrected chi connectivity index (χ3v) is 5.62. The Labute approximate surface area is 178 Å². The fourth-order valence-electron chi connectivity index (χ4n) is 3.13. The highest BCUT2D eigenvalue weighted by molar-refractivity contribution is 8.00. The molecule has 3 aromatic carbocycles. The number of carbonyl (C=O) groups is 1. The van der Waals surface area contributed by atoms with Gasteiger partial charge in [0.15, 0.2) is 5.82 Å². The normalized spacial score (nSPS) is 10.9. The highest BCUT2D eigenvalue weighted by Gasteiger charge is 2.15. The third kappa shape index (κ3) is 4.66. The van der Waals surface area contributed by atoms with E-state index in [1.54, 1.807) is 41.6 Å². The Morgan fingerprint density at radius 2 is 1.67 bits per heavy atom. The Hall–Kier alpha value is -3.25. The highest BCUT2D eigenvalue weighted by Crippen LogP contribution is 2.24. The average molecular weight is 418 g/mol. The van der Waals surface area contributed by atoms with Crippen LogP contribution in [0.5, 0.6) is 0 Å². The van der Waals surface area contributed by atoms with Crippen molar-refractivity contribution < 1.29 is 9.18 Å². The second-order valence-electron chi connectivity index (χ2n) is 6.86. The fourth-order valence-corrected chi connectivity index (χ4v) is 3.91. The van der Waals surface area contributed by atoms with Gasteiger partial charge in [0.1, 0.15) is 17.4 Å². The molecule has 150 valence electrons. The SMILES string of the molecule is Cc1nc(-c2ccccc2F)n(-c2ccc(CC(=O)CSc3ccccc3)cc2)n1. The lowest BCUT2D eigenvalue weighted by atomic mass is 10.1. The van der Waals surface area contributed by atoms with Gasteiger partial charge in [-0.1, -0.05) is 42.5 Å². The summed E-state index contributed by atoms with van der Waals surface area (Å²) < 4.78 is 15.9. The molecule has 0 saturated heterocycles. The molecule has 0 aliphatic rings. The Morgan fingerprint density at radius 1 is 0.967 bits per heavy atom. The van der Waals surface area contributed by atoms with Crippen LogP contribution in [0.3, 0.4) is 0 Å². The molecule has 0 aliphatic heterocycles. The van der Waals surface area contributed by atoms with E-state index in [0.29, 0.717) is 29.4 Å². The number of hydrogen-bond donors (Lipinski definition) is 0. The van der Waals surface area contributed by atoms with Crippen molar-refractivity contribution in [3.05, 3.63) is 96.1 Å². The summed E-state index contributed by atoms with van der Waals surface area (Å²) in [4.78, 5) is 17.8. The summed E-state index contributed by atoms with van der Waals surface area (Å²) in [7, 11) is 0. The molecule has 1 aromatic heterocycles. The van der Waals surface area contributed by atoms with E-state index >= 15 is 0 Å². The minimum absolute atomic E-state index is 0.167. The Bertz CT molecular complexity index is 1160. The zero-order valence-electron chi connectivity index (χ0n) is 16.5. The van der Waals surface area contributed by atoms with Crippen molar-refractivity contribution in [2.45, 2.75) is 18.2 Å². The van der Waals surface area contributed by atoms with Crippen LogP contribution in [0.1, 0.15) is 11.4 Å². The first-order valence-electron chi connectivity index (χ1n) is 9.57. The summed E-state index contributed by atoms with van der Waals surface area (Å²) in [6, 6.07) is 24.0. The molecule has 0 aliphatic carbocycles. The molecule has 0 N–H and O–H groups in total. The van der Waals surface area contributed by atoms with Crippen LogP contribution in [0.15, 0.2) is 83.8 Å². The summed E-state index contributed by atoms with van der Waals surface area (Å²) in [6.45, 7) is 1.78. The molecule has 0 spiro atoms. The minimum atomic E-state index is -0.343. The molecule has 0 radical (unpaired) electrons. The first-order chi connectivity index (χ1) is 14.6. The van der Waals surface area contributed by atoms with Crippen LogP contribution in [0.2, 0.25) is 0 Å². The van der Waals surface area contributed by atoms with Crippen LogP contribution in [0, 0.1) is 12.7 Å². The molecule has 4 nitrogen and oxygen atoms in total. The topological polar surface area (TPSA) is 47.8 Å². The second-order valence-corrected chi connectivity index (χ2v) is 7.91. The molecule has 0 atom stereocenters. The summed E-state index contributed by atoms with van der Waals surface area (Å²) in [5, 5.41) is 4.42. The molecule has 4 aromatic rings. The lowest BCUT2D eigenvalue weighted by molar-refractivity contribution is -0.116. The quantitative estimate of drug-likeness (QED) is 0.384. The maximum Gasteiger partial charge on any atom is 0.166 e. The standard InChI is InChI=1S/C24H20FN3OS/c1-17-26-24(22-9-5-6-10-23(22)25)28(27-17)19-13-11-18(12-14-19)15-20(29)16-30-21-7-3-2-4-8-21/h2-14H,15-16H2,1H3. The Balaban J connectivity index is 1.48. The average Bonchev–Trinajstić information content (AvgIpc) is 3.15. The third-order valence-electron chi connectivity index (χ3n) is 4.55. The molecule has 0 bridgehead atoms. The molecule has 0 unspecified atom stereocenters. The molecule has 1 heterocycles. The molecule has 6 heteroatoms. The van der Waals surface area contributed by atoms with Crippen LogP contribution in [-0.4, -0.2) is 26.3 Å². The van der Waals surface area contributed by atoms with Crippen LogP contribution < -0.4 is 0 Å². The van der Waals surface area contributed by atoms with E-state index in [4.69, 9.17) is 0 Å².